The number of ether oxygens (including phenoxy) is 2. The van der Waals surface area contributed by atoms with Crippen LogP contribution in [0.25, 0.3) is 0 Å². The minimum Gasteiger partial charge on any atom is -0.470 e. The number of hydrogen-bond donors (Lipinski definition) is 0. The minimum absolute atomic E-state index is 0.0929. The summed E-state index contributed by atoms with van der Waals surface area (Å²) in [6.07, 6.45) is 5.23. The van der Waals surface area contributed by atoms with E-state index in [1.807, 2.05) is 0 Å². The summed E-state index contributed by atoms with van der Waals surface area (Å²) in [6, 6.07) is 0. The smallest absolute Gasteiger partial charge is 0.233 e. The normalized spacial score (nSPS) is 34.6. The molecule has 0 spiro atoms. The van der Waals surface area contributed by atoms with Gasteiger partial charge in [-0.1, -0.05) is 11.6 Å². The number of oxime groups is 1. The van der Waals surface area contributed by atoms with Gasteiger partial charge in [0.25, 0.3) is 0 Å². The molecule has 126 valence electrons. The van der Waals surface area contributed by atoms with E-state index in [9.17, 15) is 0 Å². The Kier molecular flexibility index (Phi) is 5.55. The Balaban J connectivity index is 1.57. The highest BCUT2D eigenvalue weighted by molar-refractivity contribution is 5.79. The van der Waals surface area contributed by atoms with Gasteiger partial charge in [-0.15, -0.1) is 0 Å². The second kappa shape index (κ2) is 7.62. The molecule has 3 rings (SSSR count). The Bertz CT molecular complexity index is 385. The molecule has 0 aromatic rings. The average Bonchev–Trinajstić information content (AvgIpc) is 2.56. The number of hydrogen-bond acceptors (Lipinski definition) is 6. The SMILES string of the molecule is COC1CCN(C)CC1C1=NOCC(CN2CCCCC2)O1. The van der Waals surface area contributed by atoms with Crippen molar-refractivity contribution in [2.75, 3.05) is 53.5 Å². The van der Waals surface area contributed by atoms with Crippen molar-refractivity contribution >= 4 is 5.90 Å². The Morgan fingerprint density at radius 2 is 2.05 bits per heavy atom. The van der Waals surface area contributed by atoms with Crippen LogP contribution in [0.1, 0.15) is 25.7 Å². The van der Waals surface area contributed by atoms with Crippen molar-refractivity contribution in [3.63, 3.8) is 0 Å². The fourth-order valence-electron chi connectivity index (χ4n) is 3.70. The second-order valence-corrected chi connectivity index (χ2v) is 6.76. The molecule has 3 heterocycles. The Morgan fingerprint density at radius 3 is 2.82 bits per heavy atom. The van der Waals surface area contributed by atoms with E-state index in [-0.39, 0.29) is 18.1 Å². The van der Waals surface area contributed by atoms with E-state index in [2.05, 4.69) is 22.0 Å². The van der Waals surface area contributed by atoms with Crippen LogP contribution in [0.4, 0.5) is 0 Å². The molecule has 0 radical (unpaired) electrons. The van der Waals surface area contributed by atoms with E-state index in [4.69, 9.17) is 14.3 Å². The maximum atomic E-state index is 6.19. The molecule has 0 aromatic heterocycles. The van der Waals surface area contributed by atoms with Crippen LogP contribution in [0.3, 0.4) is 0 Å². The quantitative estimate of drug-likeness (QED) is 0.780. The Hall–Kier alpha value is -0.850. The zero-order chi connectivity index (χ0) is 15.4. The van der Waals surface area contributed by atoms with Crippen LogP contribution in [-0.4, -0.2) is 81.4 Å². The summed E-state index contributed by atoms with van der Waals surface area (Å²) in [4.78, 5) is 10.3. The molecule has 3 unspecified atom stereocenters. The minimum atomic E-state index is 0.0929. The summed E-state index contributed by atoms with van der Waals surface area (Å²) in [7, 11) is 3.91. The molecule has 0 bridgehead atoms. The van der Waals surface area contributed by atoms with E-state index in [0.717, 1.165) is 32.0 Å². The number of methoxy groups -OCH3 is 1. The summed E-state index contributed by atoms with van der Waals surface area (Å²) >= 11 is 0. The third kappa shape index (κ3) is 3.91. The van der Waals surface area contributed by atoms with Crippen LogP contribution in [0.2, 0.25) is 0 Å². The van der Waals surface area contributed by atoms with E-state index in [1.54, 1.807) is 7.11 Å². The number of nitrogens with zero attached hydrogens (tertiary/aromatic N) is 3. The van der Waals surface area contributed by atoms with Crippen molar-refractivity contribution in [1.82, 2.24) is 9.80 Å². The summed E-state index contributed by atoms with van der Waals surface area (Å²) < 4.78 is 11.8. The number of piperidine rings is 2. The number of likely N-dealkylation sites (tertiary alicyclic amines) is 2. The maximum Gasteiger partial charge on any atom is 0.233 e. The van der Waals surface area contributed by atoms with Gasteiger partial charge in [0.05, 0.1) is 12.0 Å². The summed E-state index contributed by atoms with van der Waals surface area (Å²) in [5.41, 5.74) is 0. The molecular formula is C16H29N3O3. The third-order valence-electron chi connectivity index (χ3n) is 4.99. The molecule has 3 aliphatic rings. The highest BCUT2D eigenvalue weighted by atomic mass is 16.7. The molecule has 0 aliphatic carbocycles. The lowest BCUT2D eigenvalue weighted by Crippen LogP contribution is -2.49. The monoisotopic (exact) mass is 311 g/mol. The second-order valence-electron chi connectivity index (χ2n) is 6.76. The van der Waals surface area contributed by atoms with Crippen molar-refractivity contribution in [3.05, 3.63) is 0 Å². The van der Waals surface area contributed by atoms with Gasteiger partial charge in [-0.3, -0.25) is 4.90 Å². The zero-order valence-corrected chi connectivity index (χ0v) is 13.9. The van der Waals surface area contributed by atoms with Crippen molar-refractivity contribution in [1.29, 1.82) is 0 Å². The molecule has 0 aromatic carbocycles. The molecule has 0 saturated carbocycles. The molecule has 3 atom stereocenters. The Labute approximate surface area is 133 Å². The first-order valence-corrected chi connectivity index (χ1v) is 8.56. The van der Waals surface area contributed by atoms with Gasteiger partial charge in [0.15, 0.2) is 6.61 Å². The molecule has 2 saturated heterocycles. The molecule has 6 heteroatoms. The van der Waals surface area contributed by atoms with Gasteiger partial charge in [-0.05, 0) is 39.4 Å². The van der Waals surface area contributed by atoms with Crippen LogP contribution in [0, 0.1) is 5.92 Å². The highest BCUT2D eigenvalue weighted by Crippen LogP contribution is 2.24. The first-order chi connectivity index (χ1) is 10.8. The van der Waals surface area contributed by atoms with Crippen molar-refractivity contribution in [2.45, 2.75) is 37.9 Å². The highest BCUT2D eigenvalue weighted by Gasteiger charge is 2.36. The molecule has 22 heavy (non-hydrogen) atoms. The molecule has 3 aliphatic heterocycles. The number of rotatable bonds is 4. The lowest BCUT2D eigenvalue weighted by molar-refractivity contribution is -0.0358. The lowest BCUT2D eigenvalue weighted by atomic mass is 9.94. The van der Waals surface area contributed by atoms with E-state index >= 15 is 0 Å². The van der Waals surface area contributed by atoms with Crippen LogP contribution in [-0.2, 0) is 14.3 Å². The summed E-state index contributed by atoms with van der Waals surface area (Å²) in [5.74, 6) is 0.902. The third-order valence-corrected chi connectivity index (χ3v) is 4.99. The summed E-state index contributed by atoms with van der Waals surface area (Å²) in [6.45, 7) is 5.83. The lowest BCUT2D eigenvalue weighted by Gasteiger charge is -2.38. The fourth-order valence-corrected chi connectivity index (χ4v) is 3.70. The predicted molar refractivity (Wildman–Crippen MR) is 85.0 cm³/mol. The van der Waals surface area contributed by atoms with Crippen LogP contribution in [0.15, 0.2) is 5.16 Å². The maximum absolute atomic E-state index is 6.19. The summed E-state index contributed by atoms with van der Waals surface area (Å²) in [5, 5.41) is 4.20. The van der Waals surface area contributed by atoms with E-state index in [1.165, 1.54) is 32.4 Å². The molecule has 0 N–H and O–H groups in total. The topological polar surface area (TPSA) is 46.5 Å². The van der Waals surface area contributed by atoms with Crippen LogP contribution >= 0.6 is 0 Å². The molecular weight excluding hydrogens is 282 g/mol. The van der Waals surface area contributed by atoms with Gasteiger partial charge in [-0.25, -0.2) is 0 Å². The van der Waals surface area contributed by atoms with Gasteiger partial charge in [-0.2, -0.15) is 0 Å². The van der Waals surface area contributed by atoms with Crippen LogP contribution < -0.4 is 0 Å². The standard InChI is InChI=1S/C16H29N3O3/c1-18-9-6-15(20-2)14(11-18)16-17-21-12-13(22-16)10-19-7-4-3-5-8-19/h13-15H,3-12H2,1-2H3. The fraction of sp³-hybridized carbons (Fsp3) is 0.938. The Morgan fingerprint density at radius 1 is 1.23 bits per heavy atom. The first kappa shape index (κ1) is 16.0. The largest absolute Gasteiger partial charge is 0.470 e. The predicted octanol–water partition coefficient (Wildman–Crippen LogP) is 1.17. The van der Waals surface area contributed by atoms with E-state index in [0.29, 0.717) is 6.61 Å². The van der Waals surface area contributed by atoms with Gasteiger partial charge in [0, 0.05) is 26.7 Å². The first-order valence-electron chi connectivity index (χ1n) is 8.56. The average molecular weight is 311 g/mol. The van der Waals surface area contributed by atoms with E-state index < -0.39 is 0 Å². The molecule has 6 nitrogen and oxygen atoms in total. The van der Waals surface area contributed by atoms with Gasteiger partial charge in [0.1, 0.15) is 6.10 Å². The zero-order valence-electron chi connectivity index (χ0n) is 13.9. The molecule has 2 fully saturated rings. The van der Waals surface area contributed by atoms with Crippen molar-refractivity contribution < 1.29 is 14.3 Å². The van der Waals surface area contributed by atoms with Gasteiger partial charge in [0.2, 0.25) is 5.90 Å². The van der Waals surface area contributed by atoms with Crippen molar-refractivity contribution in [2.24, 2.45) is 11.1 Å². The van der Waals surface area contributed by atoms with Gasteiger partial charge >= 0.3 is 0 Å². The van der Waals surface area contributed by atoms with Crippen LogP contribution in [0.5, 0.6) is 0 Å². The molecule has 0 amide bonds. The van der Waals surface area contributed by atoms with Crippen molar-refractivity contribution in [3.8, 4) is 0 Å². The van der Waals surface area contributed by atoms with Gasteiger partial charge < -0.3 is 19.2 Å².